The highest BCUT2D eigenvalue weighted by atomic mass is 32.2. The Morgan fingerprint density at radius 3 is 2.20 bits per heavy atom. The third kappa shape index (κ3) is 4.29. The number of quaternary nitrogens is 1. The van der Waals surface area contributed by atoms with Crippen LogP contribution in [0.3, 0.4) is 0 Å². The van der Waals surface area contributed by atoms with Gasteiger partial charge in [0.05, 0.1) is 32.1 Å². The fourth-order valence-electron chi connectivity index (χ4n) is 1.52. The van der Waals surface area contributed by atoms with Gasteiger partial charge in [-0.2, -0.15) is 0 Å². The van der Waals surface area contributed by atoms with Crippen LogP contribution >= 0.6 is 0 Å². The lowest BCUT2D eigenvalue weighted by Gasteiger charge is -2.12. The summed E-state index contributed by atoms with van der Waals surface area (Å²) in [6.45, 7) is 1.41. The fraction of sp³-hybridized carbons (Fsp3) is 0.462. The number of amides is 1. The summed E-state index contributed by atoms with van der Waals surface area (Å²) in [6, 6.07) is 5.94. The largest absolute Gasteiger partial charge is 0.346 e. The van der Waals surface area contributed by atoms with E-state index in [1.54, 1.807) is 0 Å². The number of carbonyl (C=O) groups excluding carboxylic acids is 1. The Morgan fingerprint density at radius 1 is 1.20 bits per heavy atom. The summed E-state index contributed by atoms with van der Waals surface area (Å²) < 4.78 is 24.9. The van der Waals surface area contributed by atoms with Crippen molar-refractivity contribution in [3.8, 4) is 0 Å². The zero-order valence-electron chi connectivity index (χ0n) is 12.3. The number of hydrogen-bond donors (Lipinski definition) is 2. The zero-order valence-corrected chi connectivity index (χ0v) is 13.1. The smallest absolute Gasteiger partial charge is 0.251 e. The van der Waals surface area contributed by atoms with Gasteiger partial charge in [0.15, 0.2) is 0 Å². The summed E-state index contributed by atoms with van der Waals surface area (Å²) in [5.41, 5.74) is 0.455. The molecule has 0 aromatic heterocycles. The van der Waals surface area contributed by atoms with Gasteiger partial charge in [0, 0.05) is 19.7 Å². The minimum atomic E-state index is -3.45. The highest BCUT2D eigenvalue weighted by Crippen LogP contribution is 2.13. The van der Waals surface area contributed by atoms with E-state index in [1.165, 1.54) is 43.3 Å². The molecule has 0 saturated heterocycles. The molecule has 20 heavy (non-hydrogen) atoms. The average molecular weight is 300 g/mol. The van der Waals surface area contributed by atoms with Gasteiger partial charge in [-0.1, -0.05) is 0 Å². The van der Waals surface area contributed by atoms with Crippen molar-refractivity contribution < 1.29 is 18.1 Å². The highest BCUT2D eigenvalue weighted by molar-refractivity contribution is 7.89. The minimum Gasteiger partial charge on any atom is -0.346 e. The molecule has 1 aromatic carbocycles. The molecule has 0 saturated carbocycles. The molecule has 0 radical (unpaired) electrons. The Kier molecular flexibility index (Phi) is 5.67. The van der Waals surface area contributed by atoms with Crippen LogP contribution in [0.5, 0.6) is 0 Å². The summed E-state index contributed by atoms with van der Waals surface area (Å²) in [7, 11) is 3.51. The van der Waals surface area contributed by atoms with Gasteiger partial charge < -0.3 is 10.2 Å². The quantitative estimate of drug-likeness (QED) is 0.694. The Balaban J connectivity index is 2.74. The van der Waals surface area contributed by atoms with E-state index in [4.69, 9.17) is 0 Å². The number of nitrogens with one attached hydrogen (secondary N) is 2. The second-order valence-electron chi connectivity index (χ2n) is 5.02. The van der Waals surface area contributed by atoms with Crippen LogP contribution in [-0.4, -0.2) is 59.9 Å². The summed E-state index contributed by atoms with van der Waals surface area (Å²) >= 11 is 0. The number of benzene rings is 1. The molecule has 0 spiro atoms. The first-order valence-electron chi connectivity index (χ1n) is 6.35. The molecule has 0 unspecified atom stereocenters. The minimum absolute atomic E-state index is 0.178. The van der Waals surface area contributed by atoms with Crippen LogP contribution < -0.4 is 10.2 Å². The molecule has 0 atom stereocenters. The molecule has 112 valence electrons. The predicted molar refractivity (Wildman–Crippen MR) is 77.3 cm³/mol. The van der Waals surface area contributed by atoms with E-state index in [-0.39, 0.29) is 10.8 Å². The number of nitrogens with zero attached hydrogens (tertiary/aromatic N) is 1. The van der Waals surface area contributed by atoms with Crippen molar-refractivity contribution in [2.24, 2.45) is 0 Å². The second kappa shape index (κ2) is 6.83. The van der Waals surface area contributed by atoms with Crippen molar-refractivity contribution in [1.29, 1.82) is 0 Å². The molecule has 0 bridgehead atoms. The second-order valence-corrected chi connectivity index (χ2v) is 7.18. The van der Waals surface area contributed by atoms with Gasteiger partial charge in [-0.25, -0.2) is 12.7 Å². The lowest BCUT2D eigenvalue weighted by Crippen LogP contribution is -3.06. The normalized spacial score (nSPS) is 11.9. The van der Waals surface area contributed by atoms with Crippen molar-refractivity contribution in [3.05, 3.63) is 29.8 Å². The fourth-order valence-corrected chi connectivity index (χ4v) is 2.42. The zero-order chi connectivity index (χ0) is 15.3. The maximum Gasteiger partial charge on any atom is 0.251 e. The molecule has 0 fully saturated rings. The molecule has 6 nitrogen and oxygen atoms in total. The molecule has 1 amide bonds. The Hall–Kier alpha value is -1.44. The molecular weight excluding hydrogens is 278 g/mol. The maximum absolute atomic E-state index is 11.9. The Bertz CT molecular complexity index is 551. The van der Waals surface area contributed by atoms with Gasteiger partial charge in [0.2, 0.25) is 10.0 Å². The topological polar surface area (TPSA) is 70.9 Å². The summed E-state index contributed by atoms with van der Waals surface area (Å²) in [5, 5.41) is 2.79. The molecule has 1 aromatic rings. The monoisotopic (exact) mass is 300 g/mol. The van der Waals surface area contributed by atoms with E-state index < -0.39 is 10.0 Å². The van der Waals surface area contributed by atoms with Crippen molar-refractivity contribution in [3.63, 3.8) is 0 Å². The molecular formula is C13H22N3O3S+. The lowest BCUT2D eigenvalue weighted by atomic mass is 10.2. The number of carbonyl (C=O) groups is 1. The van der Waals surface area contributed by atoms with E-state index in [9.17, 15) is 13.2 Å². The summed E-state index contributed by atoms with van der Waals surface area (Å²) in [6.07, 6.45) is 0. The van der Waals surface area contributed by atoms with Gasteiger partial charge in [0.25, 0.3) is 5.91 Å². The van der Waals surface area contributed by atoms with Gasteiger partial charge >= 0.3 is 0 Å². The van der Waals surface area contributed by atoms with E-state index in [0.29, 0.717) is 12.1 Å². The predicted octanol–water partition coefficient (Wildman–Crippen LogP) is -1.19. The number of sulfonamides is 1. The van der Waals surface area contributed by atoms with Crippen LogP contribution in [-0.2, 0) is 10.0 Å². The molecule has 0 aliphatic heterocycles. The van der Waals surface area contributed by atoms with Crippen LogP contribution in [0, 0.1) is 0 Å². The number of rotatable bonds is 6. The summed E-state index contributed by atoms with van der Waals surface area (Å²) in [5.74, 6) is -0.194. The van der Waals surface area contributed by atoms with Gasteiger partial charge in [-0.15, -0.1) is 0 Å². The Morgan fingerprint density at radius 2 is 1.75 bits per heavy atom. The third-order valence-corrected chi connectivity index (χ3v) is 4.63. The van der Waals surface area contributed by atoms with Gasteiger partial charge in [0.1, 0.15) is 0 Å². The van der Waals surface area contributed by atoms with Crippen LogP contribution in [0.25, 0.3) is 0 Å². The van der Waals surface area contributed by atoms with E-state index >= 15 is 0 Å². The first-order chi connectivity index (χ1) is 9.25. The van der Waals surface area contributed by atoms with Crippen LogP contribution in [0.4, 0.5) is 0 Å². The molecule has 2 N–H and O–H groups in total. The highest BCUT2D eigenvalue weighted by Gasteiger charge is 2.17. The number of hydrogen-bond acceptors (Lipinski definition) is 3. The van der Waals surface area contributed by atoms with Crippen LogP contribution in [0.2, 0.25) is 0 Å². The first-order valence-corrected chi connectivity index (χ1v) is 7.79. The van der Waals surface area contributed by atoms with Crippen molar-refractivity contribution in [2.45, 2.75) is 4.90 Å². The Labute approximate surface area is 120 Å². The van der Waals surface area contributed by atoms with E-state index in [1.807, 2.05) is 14.1 Å². The van der Waals surface area contributed by atoms with Crippen LogP contribution in [0.15, 0.2) is 29.2 Å². The van der Waals surface area contributed by atoms with Crippen LogP contribution in [0.1, 0.15) is 10.4 Å². The molecule has 1 rings (SSSR count). The molecule has 0 heterocycles. The lowest BCUT2D eigenvalue weighted by molar-refractivity contribution is -0.856. The van der Waals surface area contributed by atoms with E-state index in [0.717, 1.165) is 10.8 Å². The summed E-state index contributed by atoms with van der Waals surface area (Å²) in [4.78, 5) is 13.3. The van der Waals surface area contributed by atoms with Crippen molar-refractivity contribution >= 4 is 15.9 Å². The van der Waals surface area contributed by atoms with Gasteiger partial charge in [-0.3, -0.25) is 4.79 Å². The maximum atomic E-state index is 11.9. The molecule has 7 heteroatoms. The molecule has 0 aliphatic carbocycles. The van der Waals surface area contributed by atoms with E-state index in [2.05, 4.69) is 5.32 Å². The number of likely N-dealkylation sites (N-methyl/N-ethyl adjacent to an activating group) is 1. The first kappa shape index (κ1) is 16.6. The SMILES string of the molecule is CN(C)S(=O)(=O)c1ccc(C(=O)NCC[NH+](C)C)cc1. The average Bonchev–Trinajstić information content (AvgIpc) is 2.38. The van der Waals surface area contributed by atoms with Crippen molar-refractivity contribution in [2.75, 3.05) is 41.3 Å². The molecule has 0 aliphatic rings. The van der Waals surface area contributed by atoms with Gasteiger partial charge in [-0.05, 0) is 24.3 Å². The standard InChI is InChI=1S/C13H21N3O3S/c1-15(2)10-9-14-13(17)11-5-7-12(8-6-11)20(18,19)16(3)4/h5-8H,9-10H2,1-4H3,(H,14,17)/p+1. The third-order valence-electron chi connectivity index (χ3n) is 2.81. The van der Waals surface area contributed by atoms with Crippen molar-refractivity contribution in [1.82, 2.24) is 9.62 Å².